The molecule has 5 heteroatoms. The lowest BCUT2D eigenvalue weighted by atomic mass is 9.75. The predicted molar refractivity (Wildman–Crippen MR) is 62.2 cm³/mol. The Bertz CT molecular complexity index is 411. The third kappa shape index (κ3) is 2.37. The van der Waals surface area contributed by atoms with Crippen LogP contribution in [0.5, 0.6) is 0 Å². The summed E-state index contributed by atoms with van der Waals surface area (Å²) in [7, 11) is 0. The van der Waals surface area contributed by atoms with E-state index in [0.717, 1.165) is 6.07 Å². The van der Waals surface area contributed by atoms with Crippen molar-refractivity contribution in [2.24, 2.45) is 5.73 Å². The molecule has 1 heterocycles. The molecular weight excluding hydrogens is 243 g/mol. The zero-order valence-electron chi connectivity index (χ0n) is 9.96. The number of hydrogen-bond donors (Lipinski definition) is 1. The van der Waals surface area contributed by atoms with Crippen LogP contribution in [0.15, 0.2) is 24.3 Å². The Morgan fingerprint density at radius 3 is 2.56 bits per heavy atom. The summed E-state index contributed by atoms with van der Waals surface area (Å²) in [6.07, 6.45) is -3.22. The standard InChI is InChI=1S/C13H16F3NO/c14-13(15,16)11-4-2-1-3-10(11)12(5-7-17)6-8-18-9-12/h1-4H,5-9,17H2. The first-order chi connectivity index (χ1) is 8.49. The van der Waals surface area contributed by atoms with Gasteiger partial charge in [-0.1, -0.05) is 18.2 Å². The number of halogens is 3. The van der Waals surface area contributed by atoms with Crippen molar-refractivity contribution < 1.29 is 17.9 Å². The fourth-order valence-corrected chi connectivity index (χ4v) is 2.62. The Labute approximate surface area is 104 Å². The fraction of sp³-hybridized carbons (Fsp3) is 0.538. The predicted octanol–water partition coefficient (Wildman–Crippen LogP) is 2.71. The molecule has 1 atom stereocenters. The number of alkyl halides is 3. The number of ether oxygens (including phenoxy) is 1. The molecular formula is C13H16F3NO. The molecule has 18 heavy (non-hydrogen) atoms. The smallest absolute Gasteiger partial charge is 0.380 e. The Hall–Kier alpha value is -1.07. The third-order valence-corrected chi connectivity index (χ3v) is 3.53. The average molecular weight is 259 g/mol. The van der Waals surface area contributed by atoms with Gasteiger partial charge in [0.1, 0.15) is 0 Å². The van der Waals surface area contributed by atoms with Gasteiger partial charge in [-0.2, -0.15) is 13.2 Å². The molecule has 1 aromatic rings. The van der Waals surface area contributed by atoms with Crippen molar-refractivity contribution >= 4 is 0 Å². The molecule has 0 aliphatic carbocycles. The third-order valence-electron chi connectivity index (χ3n) is 3.53. The summed E-state index contributed by atoms with van der Waals surface area (Å²) in [6, 6.07) is 5.73. The lowest BCUT2D eigenvalue weighted by molar-refractivity contribution is -0.138. The second-order valence-corrected chi connectivity index (χ2v) is 4.66. The van der Waals surface area contributed by atoms with Gasteiger partial charge in [-0.3, -0.25) is 0 Å². The zero-order chi connectivity index (χ0) is 13.2. The van der Waals surface area contributed by atoms with E-state index in [9.17, 15) is 13.2 Å². The van der Waals surface area contributed by atoms with Gasteiger partial charge in [-0.25, -0.2) is 0 Å². The Morgan fingerprint density at radius 1 is 1.28 bits per heavy atom. The molecule has 1 fully saturated rings. The molecule has 2 nitrogen and oxygen atoms in total. The summed E-state index contributed by atoms with van der Waals surface area (Å²) in [4.78, 5) is 0. The summed E-state index contributed by atoms with van der Waals surface area (Å²) in [5.74, 6) is 0. The molecule has 0 aromatic heterocycles. The summed E-state index contributed by atoms with van der Waals surface area (Å²) >= 11 is 0. The maximum absolute atomic E-state index is 13.0. The van der Waals surface area contributed by atoms with E-state index >= 15 is 0 Å². The molecule has 1 aliphatic rings. The van der Waals surface area contributed by atoms with Gasteiger partial charge in [0.15, 0.2) is 0 Å². The van der Waals surface area contributed by atoms with Crippen molar-refractivity contribution in [1.29, 1.82) is 0 Å². The molecule has 0 saturated carbocycles. The highest BCUT2D eigenvalue weighted by atomic mass is 19.4. The van der Waals surface area contributed by atoms with E-state index in [2.05, 4.69) is 0 Å². The van der Waals surface area contributed by atoms with Crippen LogP contribution >= 0.6 is 0 Å². The van der Waals surface area contributed by atoms with Crippen molar-refractivity contribution in [3.8, 4) is 0 Å². The lowest BCUT2D eigenvalue weighted by Crippen LogP contribution is -2.32. The fourth-order valence-electron chi connectivity index (χ4n) is 2.62. The van der Waals surface area contributed by atoms with Crippen LogP contribution in [0.25, 0.3) is 0 Å². The number of rotatable bonds is 3. The largest absolute Gasteiger partial charge is 0.416 e. The minimum atomic E-state index is -4.33. The molecule has 2 N–H and O–H groups in total. The zero-order valence-corrected chi connectivity index (χ0v) is 9.96. The van der Waals surface area contributed by atoms with E-state index in [1.165, 1.54) is 6.07 Å². The van der Waals surface area contributed by atoms with Gasteiger partial charge in [0, 0.05) is 12.0 Å². The molecule has 1 saturated heterocycles. The minimum Gasteiger partial charge on any atom is -0.380 e. The van der Waals surface area contributed by atoms with Gasteiger partial charge in [0.05, 0.1) is 12.2 Å². The molecule has 1 unspecified atom stereocenters. The summed E-state index contributed by atoms with van der Waals surface area (Å²) in [6.45, 7) is 1.17. The van der Waals surface area contributed by atoms with Crippen LogP contribution in [0.3, 0.4) is 0 Å². The van der Waals surface area contributed by atoms with Crippen molar-refractivity contribution in [2.75, 3.05) is 19.8 Å². The SMILES string of the molecule is NCCC1(c2ccccc2C(F)(F)F)CCOC1. The van der Waals surface area contributed by atoms with Crippen molar-refractivity contribution in [3.63, 3.8) is 0 Å². The molecule has 2 rings (SSSR count). The Balaban J connectivity index is 2.48. The highest BCUT2D eigenvalue weighted by Gasteiger charge is 2.43. The number of benzene rings is 1. The summed E-state index contributed by atoms with van der Waals surface area (Å²) in [5.41, 5.74) is 4.72. The van der Waals surface area contributed by atoms with Gasteiger partial charge >= 0.3 is 6.18 Å². The van der Waals surface area contributed by atoms with Crippen molar-refractivity contribution in [3.05, 3.63) is 35.4 Å². The second-order valence-electron chi connectivity index (χ2n) is 4.66. The molecule has 0 amide bonds. The van der Waals surface area contributed by atoms with Crippen LogP contribution in [0.2, 0.25) is 0 Å². The van der Waals surface area contributed by atoms with Crippen molar-refractivity contribution in [1.82, 2.24) is 0 Å². The molecule has 0 radical (unpaired) electrons. The number of nitrogens with two attached hydrogens (primary N) is 1. The van der Waals surface area contributed by atoms with E-state index in [1.54, 1.807) is 12.1 Å². The lowest BCUT2D eigenvalue weighted by Gasteiger charge is -2.30. The number of hydrogen-bond acceptors (Lipinski definition) is 2. The van der Waals surface area contributed by atoms with Crippen LogP contribution in [0.4, 0.5) is 13.2 Å². The molecule has 0 bridgehead atoms. The van der Waals surface area contributed by atoms with Gasteiger partial charge in [0.2, 0.25) is 0 Å². The molecule has 100 valence electrons. The highest BCUT2D eigenvalue weighted by Crippen LogP contribution is 2.43. The van der Waals surface area contributed by atoms with Gasteiger partial charge < -0.3 is 10.5 Å². The van der Waals surface area contributed by atoms with Crippen LogP contribution in [-0.4, -0.2) is 19.8 Å². The maximum Gasteiger partial charge on any atom is 0.416 e. The van der Waals surface area contributed by atoms with E-state index in [-0.39, 0.29) is 0 Å². The van der Waals surface area contributed by atoms with Crippen molar-refractivity contribution in [2.45, 2.75) is 24.4 Å². The van der Waals surface area contributed by atoms with Crippen LogP contribution in [0, 0.1) is 0 Å². The molecule has 0 spiro atoms. The quantitative estimate of drug-likeness (QED) is 0.905. The molecule has 1 aliphatic heterocycles. The first-order valence-electron chi connectivity index (χ1n) is 5.94. The molecule has 1 aromatic carbocycles. The van der Waals surface area contributed by atoms with E-state index < -0.39 is 17.2 Å². The normalized spacial score (nSPS) is 24.4. The maximum atomic E-state index is 13.0. The Morgan fingerprint density at radius 2 is 2.00 bits per heavy atom. The summed E-state index contributed by atoms with van der Waals surface area (Å²) in [5, 5.41) is 0. The van der Waals surface area contributed by atoms with Crippen LogP contribution in [0.1, 0.15) is 24.0 Å². The monoisotopic (exact) mass is 259 g/mol. The topological polar surface area (TPSA) is 35.2 Å². The first kappa shape index (κ1) is 13.4. The van der Waals surface area contributed by atoms with Gasteiger partial charge in [-0.15, -0.1) is 0 Å². The Kier molecular flexibility index (Phi) is 3.64. The van der Waals surface area contributed by atoms with E-state index in [1.807, 2.05) is 0 Å². The summed E-state index contributed by atoms with van der Waals surface area (Å²) < 4.78 is 44.4. The highest BCUT2D eigenvalue weighted by molar-refractivity contribution is 5.37. The van der Waals surface area contributed by atoms with Crippen LogP contribution in [-0.2, 0) is 16.3 Å². The van der Waals surface area contributed by atoms with Gasteiger partial charge in [0.25, 0.3) is 0 Å². The second kappa shape index (κ2) is 4.90. The van der Waals surface area contributed by atoms with E-state index in [0.29, 0.717) is 38.2 Å². The minimum absolute atomic E-state index is 0.317. The van der Waals surface area contributed by atoms with E-state index in [4.69, 9.17) is 10.5 Å². The van der Waals surface area contributed by atoms with Gasteiger partial charge in [-0.05, 0) is 31.0 Å². The first-order valence-corrected chi connectivity index (χ1v) is 5.94. The van der Waals surface area contributed by atoms with Crippen LogP contribution < -0.4 is 5.73 Å². The average Bonchev–Trinajstić information content (AvgIpc) is 2.78.